The number of Topliss-reactive ketones (excluding diaryl/α,β-unsaturated/α-hetero) is 3. The summed E-state index contributed by atoms with van der Waals surface area (Å²) in [5.74, 6) is -3.95. The van der Waals surface area contributed by atoms with Crippen molar-refractivity contribution in [3.63, 3.8) is 0 Å². The maximum absolute atomic E-state index is 12.7. The predicted molar refractivity (Wildman–Crippen MR) is 197 cm³/mol. The number of ketones is 3. The molecule has 0 bridgehead atoms. The first-order chi connectivity index (χ1) is 23.6. The fourth-order valence-electron chi connectivity index (χ4n) is 7.31. The molecule has 2 aliphatic heterocycles. The highest BCUT2D eigenvalue weighted by atomic mass is 16.5. The van der Waals surface area contributed by atoms with Gasteiger partial charge in [0.25, 0.3) is 0 Å². The Morgan fingerprint density at radius 3 is 1.49 bits per heavy atom. The van der Waals surface area contributed by atoms with Gasteiger partial charge in [-0.1, -0.05) is 82.2 Å². The average molecular weight is 723 g/mol. The second-order valence-electron chi connectivity index (χ2n) is 15.9. The van der Waals surface area contributed by atoms with E-state index in [1.165, 1.54) is 0 Å². The fourth-order valence-corrected chi connectivity index (χ4v) is 7.31. The standard InChI is InChI=1S/C21H36O5.C20H34O5/c1-8-18-15(6)20(24)14(5)17(22)10-9-11(2)12(3)13(4)19(23)16(7)21(25)26-18;1-7-17-15(6)19(23)14(5)16(21)9-8-11(2)18(22)12(3)10-13(4)20(24)25-17/h11-16,18,20,24H,8-10H2,1-7H3;10-12,14-15,17-19,22-23H,7-9H2,1-6H3/b;13-10+/t11-,12-,13+,14-,15-,16+,18+,20+;11-,12-,14-,15-,17+,18-,19+/m00/s1. The topological polar surface area (TPSA) is 164 Å². The molecule has 0 radical (unpaired) electrons. The molecule has 1 saturated heterocycles. The smallest absolute Gasteiger partial charge is 0.333 e. The van der Waals surface area contributed by atoms with Gasteiger partial charge >= 0.3 is 11.9 Å². The molecule has 51 heavy (non-hydrogen) atoms. The van der Waals surface area contributed by atoms with Crippen LogP contribution in [-0.4, -0.2) is 75.1 Å². The zero-order valence-electron chi connectivity index (χ0n) is 33.7. The summed E-state index contributed by atoms with van der Waals surface area (Å²) in [4.78, 5) is 62.5. The van der Waals surface area contributed by atoms with Crippen LogP contribution in [0.25, 0.3) is 0 Å². The molecule has 15 atom stereocenters. The average Bonchev–Trinajstić information content (AvgIpc) is 3.12. The number of cyclic esters (lactones) is 2. The van der Waals surface area contributed by atoms with Gasteiger partial charge in [0.2, 0.25) is 0 Å². The van der Waals surface area contributed by atoms with Gasteiger partial charge in [-0.3, -0.25) is 19.2 Å². The summed E-state index contributed by atoms with van der Waals surface area (Å²) in [5.41, 5.74) is 0.458. The predicted octanol–water partition coefficient (Wildman–Crippen LogP) is 6.30. The van der Waals surface area contributed by atoms with Crippen LogP contribution >= 0.6 is 0 Å². The molecule has 2 heterocycles. The number of carbonyl (C=O) groups is 5. The Kier molecular flexibility index (Phi) is 19.5. The number of carbonyl (C=O) groups excluding carboxylic acids is 5. The number of esters is 2. The minimum Gasteiger partial charge on any atom is -0.461 e. The molecule has 0 aliphatic carbocycles. The van der Waals surface area contributed by atoms with E-state index in [1.54, 1.807) is 40.7 Å². The molecule has 2 rings (SSSR count). The molecular weight excluding hydrogens is 652 g/mol. The largest absolute Gasteiger partial charge is 0.461 e. The summed E-state index contributed by atoms with van der Waals surface area (Å²) in [7, 11) is 0. The third kappa shape index (κ3) is 12.9. The third-order valence-electron chi connectivity index (χ3n) is 12.2. The van der Waals surface area contributed by atoms with Crippen LogP contribution in [0, 0.1) is 59.2 Å². The van der Waals surface area contributed by atoms with Crippen molar-refractivity contribution in [1.29, 1.82) is 0 Å². The van der Waals surface area contributed by atoms with E-state index in [2.05, 4.69) is 0 Å². The highest BCUT2D eigenvalue weighted by Crippen LogP contribution is 2.31. The Bertz CT molecular complexity index is 1190. The first-order valence-corrected chi connectivity index (χ1v) is 19.4. The van der Waals surface area contributed by atoms with Gasteiger partial charge in [0.15, 0.2) is 0 Å². The van der Waals surface area contributed by atoms with Crippen molar-refractivity contribution in [2.45, 2.75) is 159 Å². The van der Waals surface area contributed by atoms with Gasteiger partial charge in [0.1, 0.15) is 35.5 Å². The van der Waals surface area contributed by atoms with Gasteiger partial charge in [-0.05, 0) is 57.3 Å². The van der Waals surface area contributed by atoms with E-state index in [0.717, 1.165) is 0 Å². The lowest BCUT2D eigenvalue weighted by Gasteiger charge is -2.32. The van der Waals surface area contributed by atoms with E-state index in [4.69, 9.17) is 9.47 Å². The lowest BCUT2D eigenvalue weighted by molar-refractivity contribution is -0.162. The van der Waals surface area contributed by atoms with Gasteiger partial charge < -0.3 is 24.8 Å². The van der Waals surface area contributed by atoms with Gasteiger partial charge in [0.05, 0.1) is 18.3 Å². The summed E-state index contributed by atoms with van der Waals surface area (Å²) in [6, 6.07) is 0. The van der Waals surface area contributed by atoms with E-state index >= 15 is 0 Å². The molecule has 2 aliphatic rings. The summed E-state index contributed by atoms with van der Waals surface area (Å²) in [6.45, 7) is 23.8. The number of rotatable bonds is 2. The van der Waals surface area contributed by atoms with Crippen molar-refractivity contribution in [1.82, 2.24) is 0 Å². The first kappa shape index (κ1) is 46.6. The summed E-state index contributed by atoms with van der Waals surface area (Å²) in [6.07, 6.45) is 1.43. The molecule has 294 valence electrons. The Morgan fingerprint density at radius 1 is 0.608 bits per heavy atom. The zero-order chi connectivity index (χ0) is 39.5. The van der Waals surface area contributed by atoms with Crippen molar-refractivity contribution in [3.8, 4) is 0 Å². The van der Waals surface area contributed by atoms with Crippen LogP contribution in [0.5, 0.6) is 0 Å². The van der Waals surface area contributed by atoms with Gasteiger partial charge in [-0.2, -0.15) is 0 Å². The molecule has 10 nitrogen and oxygen atoms in total. The lowest BCUT2D eigenvalue weighted by Crippen LogP contribution is -2.41. The highest BCUT2D eigenvalue weighted by Gasteiger charge is 2.38. The molecule has 0 aromatic carbocycles. The Balaban J connectivity index is 0.000000510. The SMILES string of the molecule is CC[C@H]1OC(=O)/C(C)=C/[C@H](C)[C@@H](O)[C@@H](C)CCC(=O)[C@H](C)[C@@H](O)[C@H]1C.CC[C@H]1OC(=O)[C@H](C)C(=O)[C@H](C)[C@@H](C)[C@@H](C)CCC(=O)[C@H](C)[C@@H](O)[C@H]1C. The molecule has 0 unspecified atom stereocenters. The number of aliphatic hydroxyl groups is 3. The van der Waals surface area contributed by atoms with Gasteiger partial charge in [0, 0.05) is 53.9 Å². The van der Waals surface area contributed by atoms with E-state index < -0.39 is 60.2 Å². The molecule has 0 spiro atoms. The molecule has 3 N–H and O–H groups in total. The van der Waals surface area contributed by atoms with Gasteiger partial charge in [-0.15, -0.1) is 0 Å². The van der Waals surface area contributed by atoms with E-state index in [-0.39, 0.29) is 58.8 Å². The maximum atomic E-state index is 12.7. The molecule has 10 heteroatoms. The van der Waals surface area contributed by atoms with Crippen LogP contribution in [0.3, 0.4) is 0 Å². The monoisotopic (exact) mass is 722 g/mol. The lowest BCUT2D eigenvalue weighted by atomic mass is 9.76. The van der Waals surface area contributed by atoms with Crippen molar-refractivity contribution < 1.29 is 48.8 Å². The molecular formula is C41H70O10. The van der Waals surface area contributed by atoms with Crippen molar-refractivity contribution in [2.75, 3.05) is 0 Å². The second-order valence-corrected chi connectivity index (χ2v) is 15.9. The van der Waals surface area contributed by atoms with E-state index in [0.29, 0.717) is 44.1 Å². The van der Waals surface area contributed by atoms with Crippen LogP contribution in [0.15, 0.2) is 11.6 Å². The minimum atomic E-state index is -0.874. The minimum absolute atomic E-state index is 0.0176. The van der Waals surface area contributed by atoms with Crippen molar-refractivity contribution in [2.24, 2.45) is 59.2 Å². The summed E-state index contributed by atoms with van der Waals surface area (Å²) >= 11 is 0. The Labute approximate surface area is 307 Å². The zero-order valence-corrected chi connectivity index (χ0v) is 33.7. The number of hydrogen-bond acceptors (Lipinski definition) is 10. The quantitative estimate of drug-likeness (QED) is 0.218. The number of ether oxygens (including phenoxy) is 2. The molecule has 0 aromatic rings. The molecule has 0 amide bonds. The van der Waals surface area contributed by atoms with Crippen LogP contribution in [0.4, 0.5) is 0 Å². The van der Waals surface area contributed by atoms with E-state index in [1.807, 2.05) is 55.4 Å². The summed E-state index contributed by atoms with van der Waals surface area (Å²) in [5, 5.41) is 31.6. The first-order valence-electron chi connectivity index (χ1n) is 19.4. The Morgan fingerprint density at radius 2 is 1.04 bits per heavy atom. The van der Waals surface area contributed by atoms with Crippen LogP contribution < -0.4 is 0 Å². The second kappa shape index (κ2) is 21.3. The van der Waals surface area contributed by atoms with Crippen LogP contribution in [0.1, 0.15) is 129 Å². The van der Waals surface area contributed by atoms with Gasteiger partial charge in [-0.25, -0.2) is 4.79 Å². The highest BCUT2D eigenvalue weighted by molar-refractivity contribution is 5.99. The molecule has 0 aromatic heterocycles. The molecule has 1 fully saturated rings. The van der Waals surface area contributed by atoms with Crippen molar-refractivity contribution in [3.05, 3.63) is 11.6 Å². The third-order valence-corrected chi connectivity index (χ3v) is 12.2. The number of aliphatic hydroxyl groups excluding tert-OH is 3. The fraction of sp³-hybridized carbons (Fsp3) is 0.829. The number of hydrogen-bond donors (Lipinski definition) is 3. The van der Waals surface area contributed by atoms with Crippen LogP contribution in [-0.2, 0) is 33.4 Å². The van der Waals surface area contributed by atoms with E-state index in [9.17, 15) is 39.3 Å². The Hall–Kier alpha value is -2.43. The maximum Gasteiger partial charge on any atom is 0.333 e. The molecule has 0 saturated carbocycles. The normalized spacial score (nSPS) is 41.5. The van der Waals surface area contributed by atoms with Crippen LogP contribution in [0.2, 0.25) is 0 Å². The van der Waals surface area contributed by atoms with Crippen molar-refractivity contribution >= 4 is 29.3 Å². The summed E-state index contributed by atoms with van der Waals surface area (Å²) < 4.78 is 11.1.